The maximum Gasteiger partial charge on any atom is 0.416 e. The van der Waals surface area contributed by atoms with Crippen LogP contribution in [0.15, 0.2) is 64.4 Å². The molecular weight excluding hydrogens is 491 g/mol. The monoisotopic (exact) mass is 519 g/mol. The SMILES string of the molecule is C=S(=O)(NC)c1ccc(CNC(=O)c2cn(C(C)C)c(C)c(-c3cccc(C(F)(F)F)c3)c2=O)cc1. The second-order valence-electron chi connectivity index (χ2n) is 8.62. The van der Waals surface area contributed by atoms with Crippen molar-refractivity contribution in [2.75, 3.05) is 7.05 Å². The van der Waals surface area contributed by atoms with Crippen LogP contribution in [0.2, 0.25) is 0 Å². The van der Waals surface area contributed by atoms with Gasteiger partial charge in [0.15, 0.2) is 0 Å². The topological polar surface area (TPSA) is 80.2 Å². The number of hydrogen-bond acceptors (Lipinski definition) is 3. The van der Waals surface area contributed by atoms with E-state index in [1.807, 2.05) is 13.8 Å². The van der Waals surface area contributed by atoms with E-state index in [0.717, 1.165) is 12.1 Å². The van der Waals surface area contributed by atoms with E-state index in [1.54, 1.807) is 42.8 Å². The predicted molar refractivity (Wildman–Crippen MR) is 136 cm³/mol. The number of nitrogens with zero attached hydrogens (tertiary/aromatic N) is 1. The fourth-order valence-corrected chi connectivity index (χ4v) is 4.65. The van der Waals surface area contributed by atoms with E-state index in [9.17, 15) is 27.0 Å². The first-order valence-corrected chi connectivity index (χ1v) is 12.8. The first-order chi connectivity index (χ1) is 16.8. The van der Waals surface area contributed by atoms with Crippen molar-refractivity contribution < 1.29 is 22.2 Å². The highest BCUT2D eigenvalue weighted by Crippen LogP contribution is 2.32. The van der Waals surface area contributed by atoms with Gasteiger partial charge in [0.25, 0.3) is 5.91 Å². The molecule has 0 aliphatic rings. The third-order valence-electron chi connectivity index (χ3n) is 5.86. The molecule has 0 aliphatic heterocycles. The lowest BCUT2D eigenvalue weighted by molar-refractivity contribution is -0.137. The van der Waals surface area contributed by atoms with Crippen LogP contribution in [0.25, 0.3) is 11.1 Å². The number of nitrogens with one attached hydrogen (secondary N) is 2. The van der Waals surface area contributed by atoms with Crippen LogP contribution in [0.3, 0.4) is 0 Å². The Morgan fingerprint density at radius 3 is 2.33 bits per heavy atom. The summed E-state index contributed by atoms with van der Waals surface area (Å²) in [6.07, 6.45) is -3.14. The maximum atomic E-state index is 13.4. The quantitative estimate of drug-likeness (QED) is 0.449. The summed E-state index contributed by atoms with van der Waals surface area (Å²) in [5, 5.41) is 2.69. The first-order valence-electron chi connectivity index (χ1n) is 11.1. The fraction of sp³-hybridized carbons (Fsp3) is 0.269. The molecule has 1 heterocycles. The Kier molecular flexibility index (Phi) is 7.80. The third-order valence-corrected chi connectivity index (χ3v) is 7.55. The summed E-state index contributed by atoms with van der Waals surface area (Å²) < 4.78 is 56.6. The number of alkyl halides is 3. The molecular formula is C26H28F3N3O3S. The molecule has 0 radical (unpaired) electrons. The molecule has 0 saturated heterocycles. The summed E-state index contributed by atoms with van der Waals surface area (Å²) in [5.74, 6) is 2.99. The molecule has 3 rings (SSSR count). The summed E-state index contributed by atoms with van der Waals surface area (Å²) in [7, 11) is -1.06. The smallest absolute Gasteiger partial charge is 0.348 e. The van der Waals surface area contributed by atoms with Crippen molar-refractivity contribution in [3.8, 4) is 11.1 Å². The largest absolute Gasteiger partial charge is 0.416 e. The minimum Gasteiger partial charge on any atom is -0.348 e. The summed E-state index contributed by atoms with van der Waals surface area (Å²) in [5.41, 5.74) is -0.401. The molecule has 2 N–H and O–H groups in total. The molecule has 0 fully saturated rings. The van der Waals surface area contributed by atoms with Crippen molar-refractivity contribution in [1.82, 2.24) is 14.6 Å². The van der Waals surface area contributed by atoms with Gasteiger partial charge < -0.3 is 9.88 Å². The van der Waals surface area contributed by atoms with Gasteiger partial charge in [0, 0.05) is 34.9 Å². The third kappa shape index (κ3) is 5.71. The molecule has 192 valence electrons. The molecule has 3 aromatic rings. The Morgan fingerprint density at radius 2 is 1.78 bits per heavy atom. The van der Waals surface area contributed by atoms with Crippen LogP contribution in [-0.4, -0.2) is 27.6 Å². The zero-order valence-electron chi connectivity index (χ0n) is 20.4. The highest BCUT2D eigenvalue weighted by molar-refractivity contribution is 7.98. The van der Waals surface area contributed by atoms with Crippen molar-refractivity contribution in [1.29, 1.82) is 0 Å². The maximum absolute atomic E-state index is 13.4. The highest BCUT2D eigenvalue weighted by Gasteiger charge is 2.31. The molecule has 0 aliphatic carbocycles. The number of rotatable bonds is 7. The van der Waals surface area contributed by atoms with Crippen LogP contribution in [0.4, 0.5) is 13.2 Å². The number of aromatic nitrogens is 1. The number of carbonyl (C=O) groups is 1. The van der Waals surface area contributed by atoms with Gasteiger partial charge >= 0.3 is 6.18 Å². The molecule has 1 aromatic heterocycles. The van der Waals surface area contributed by atoms with Gasteiger partial charge in [-0.15, -0.1) is 0 Å². The van der Waals surface area contributed by atoms with Gasteiger partial charge in [0.2, 0.25) is 5.43 Å². The zero-order valence-corrected chi connectivity index (χ0v) is 21.2. The number of carbonyl (C=O) groups excluding carboxylic acids is 1. The van der Waals surface area contributed by atoms with Gasteiger partial charge in [-0.1, -0.05) is 24.3 Å². The zero-order chi connectivity index (χ0) is 26.8. The molecule has 0 spiro atoms. The van der Waals surface area contributed by atoms with E-state index in [1.165, 1.54) is 18.3 Å². The Hall–Kier alpha value is -3.37. The Labute approximate surface area is 208 Å². The minimum atomic E-state index is -4.57. The molecule has 1 atom stereocenters. The van der Waals surface area contributed by atoms with E-state index in [4.69, 9.17) is 0 Å². The van der Waals surface area contributed by atoms with Gasteiger partial charge in [-0.25, -0.2) is 8.93 Å². The second-order valence-corrected chi connectivity index (χ2v) is 10.8. The van der Waals surface area contributed by atoms with E-state index in [-0.39, 0.29) is 29.3 Å². The first kappa shape index (κ1) is 27.2. The lowest BCUT2D eigenvalue weighted by atomic mass is 9.98. The van der Waals surface area contributed by atoms with E-state index < -0.39 is 32.8 Å². The van der Waals surface area contributed by atoms with Crippen LogP contribution < -0.4 is 15.5 Å². The van der Waals surface area contributed by atoms with E-state index >= 15 is 0 Å². The summed E-state index contributed by atoms with van der Waals surface area (Å²) in [6, 6.07) is 11.0. The van der Waals surface area contributed by atoms with E-state index in [2.05, 4.69) is 15.9 Å². The molecule has 6 nitrogen and oxygen atoms in total. The standard InChI is InChI=1S/C26H28F3N3O3S/c1-16(2)32-15-22(25(34)31-14-18-9-11-21(12-10-18)36(5,35)30-4)24(33)23(17(32)3)19-7-6-8-20(13-19)26(27,28)29/h6-13,15-16H,5,14H2,1-4H3,(H,30,35)(H,31,34). The van der Waals surface area contributed by atoms with Gasteiger partial charge in [-0.2, -0.15) is 13.2 Å². The number of amides is 1. The minimum absolute atomic E-state index is 0.0454. The second kappa shape index (κ2) is 10.3. The predicted octanol–water partition coefficient (Wildman–Crippen LogP) is 4.56. The summed E-state index contributed by atoms with van der Waals surface area (Å²) >= 11 is 0. The van der Waals surface area contributed by atoms with Gasteiger partial charge in [0.05, 0.1) is 15.3 Å². The van der Waals surface area contributed by atoms with Crippen LogP contribution in [0.1, 0.15) is 47.1 Å². The van der Waals surface area contributed by atoms with Gasteiger partial charge in [-0.3, -0.25) is 9.59 Å². The molecule has 0 saturated carbocycles. The molecule has 2 aromatic carbocycles. The highest BCUT2D eigenvalue weighted by atomic mass is 32.2. The lowest BCUT2D eigenvalue weighted by Crippen LogP contribution is -2.31. The van der Waals surface area contributed by atoms with E-state index in [0.29, 0.717) is 16.2 Å². The number of hydrogen-bond donors (Lipinski definition) is 2. The van der Waals surface area contributed by atoms with Gasteiger partial charge in [-0.05, 0) is 69.1 Å². The Morgan fingerprint density at radius 1 is 1.14 bits per heavy atom. The number of pyridine rings is 1. The summed E-state index contributed by atoms with van der Waals surface area (Å²) in [6.45, 7) is 5.43. The van der Waals surface area contributed by atoms with Crippen molar-refractivity contribution in [3.63, 3.8) is 0 Å². The normalized spacial score (nSPS) is 13.4. The molecule has 1 amide bonds. The number of halogens is 3. The van der Waals surface area contributed by atoms with Gasteiger partial charge in [0.1, 0.15) is 5.56 Å². The average Bonchev–Trinajstić information content (AvgIpc) is 2.82. The molecule has 10 heteroatoms. The van der Waals surface area contributed by atoms with Crippen LogP contribution in [-0.2, 0) is 22.4 Å². The number of benzene rings is 2. The molecule has 1 unspecified atom stereocenters. The van der Waals surface area contributed by atoms with Crippen molar-refractivity contribution in [2.24, 2.45) is 0 Å². The fourth-order valence-electron chi connectivity index (χ4n) is 3.83. The molecule has 36 heavy (non-hydrogen) atoms. The average molecular weight is 520 g/mol. The van der Waals surface area contributed by atoms with Crippen molar-refractivity contribution >= 4 is 21.5 Å². The van der Waals surface area contributed by atoms with Crippen LogP contribution in [0, 0.1) is 6.92 Å². The lowest BCUT2D eigenvalue weighted by Gasteiger charge is -2.20. The Bertz CT molecular complexity index is 1440. The molecule has 0 bridgehead atoms. The van der Waals surface area contributed by atoms with Crippen LogP contribution >= 0.6 is 0 Å². The Balaban J connectivity index is 1.98. The van der Waals surface area contributed by atoms with Crippen molar-refractivity contribution in [2.45, 2.75) is 44.4 Å². The van der Waals surface area contributed by atoms with Crippen LogP contribution in [0.5, 0.6) is 0 Å². The summed E-state index contributed by atoms with van der Waals surface area (Å²) in [4.78, 5) is 26.9. The van der Waals surface area contributed by atoms with Crippen molar-refractivity contribution in [3.05, 3.63) is 87.3 Å².